The maximum Gasteiger partial charge on any atom is 0.0912 e. The fraction of sp³-hybridized carbons (Fsp3) is 0.375. The van der Waals surface area contributed by atoms with Gasteiger partial charge in [-0.2, -0.15) is 12.6 Å². The van der Waals surface area contributed by atoms with E-state index in [1.807, 2.05) is 18.5 Å². The van der Waals surface area contributed by atoms with Gasteiger partial charge in [0.15, 0.2) is 0 Å². The average molecular weight is 275 g/mol. The normalized spacial score (nSPS) is 20.8. The summed E-state index contributed by atoms with van der Waals surface area (Å²) in [7, 11) is 1.96. The predicted octanol–water partition coefficient (Wildman–Crippen LogP) is 3.28. The summed E-state index contributed by atoms with van der Waals surface area (Å²) in [5.41, 5.74) is 5.11. The minimum absolute atomic E-state index is 0.167. The number of hydrogen-bond acceptors (Lipinski definition) is 3. The number of allylic oxidation sites excluding steroid dienone is 1. The lowest BCUT2D eigenvalue weighted by Crippen LogP contribution is -2.31. The molecule has 1 heterocycles. The van der Waals surface area contributed by atoms with Crippen LogP contribution in [0.5, 0.6) is 0 Å². The van der Waals surface area contributed by atoms with Gasteiger partial charge in [0, 0.05) is 6.54 Å². The number of nitrogens with one attached hydrogen (secondary N) is 1. The minimum atomic E-state index is 0.167. The monoisotopic (exact) mass is 275 g/mol. The Bertz CT molecular complexity index is 479. The van der Waals surface area contributed by atoms with Crippen LogP contribution in [0.3, 0.4) is 0 Å². The van der Waals surface area contributed by atoms with Crippen LogP contribution in [0.4, 0.5) is 0 Å². The summed E-state index contributed by atoms with van der Waals surface area (Å²) in [5.74, 6) is 0. The van der Waals surface area contributed by atoms with Crippen molar-refractivity contribution in [3.05, 3.63) is 52.4 Å². The molecule has 1 aliphatic heterocycles. The van der Waals surface area contributed by atoms with Crippen molar-refractivity contribution >= 4 is 18.2 Å². The van der Waals surface area contributed by atoms with Gasteiger partial charge in [0.05, 0.1) is 12.7 Å². The first kappa shape index (κ1) is 14.4. The standard InChI is InChI=1S/C16H21NOS/c1-12-14(8-9-18-16(12)10-17-2)15(11-19)13-6-4-3-5-7-13/h3-7,11,16-17,19H,8-10H2,1-2H3/b15-11-. The lowest BCUT2D eigenvalue weighted by molar-refractivity contribution is 0.0700. The number of hydrogen-bond donors (Lipinski definition) is 2. The molecule has 1 aromatic carbocycles. The lowest BCUT2D eigenvalue weighted by Gasteiger charge is -2.28. The highest BCUT2D eigenvalue weighted by atomic mass is 32.1. The van der Waals surface area contributed by atoms with Crippen LogP contribution in [0.25, 0.3) is 5.57 Å². The fourth-order valence-corrected chi connectivity index (χ4v) is 2.81. The van der Waals surface area contributed by atoms with Crippen molar-refractivity contribution < 1.29 is 4.74 Å². The van der Waals surface area contributed by atoms with Crippen molar-refractivity contribution in [2.45, 2.75) is 19.4 Å². The Morgan fingerprint density at radius 3 is 2.79 bits per heavy atom. The van der Waals surface area contributed by atoms with Crippen LogP contribution in [0.15, 0.2) is 46.9 Å². The second-order valence-corrected chi connectivity index (χ2v) is 5.00. The van der Waals surface area contributed by atoms with Crippen molar-refractivity contribution in [1.82, 2.24) is 5.32 Å². The van der Waals surface area contributed by atoms with Crippen molar-refractivity contribution in [2.75, 3.05) is 20.2 Å². The molecular formula is C16H21NOS. The molecule has 1 aromatic rings. The smallest absolute Gasteiger partial charge is 0.0912 e. The first-order chi connectivity index (χ1) is 9.27. The molecule has 0 amide bonds. The molecule has 1 atom stereocenters. The Morgan fingerprint density at radius 2 is 2.16 bits per heavy atom. The maximum atomic E-state index is 5.82. The second-order valence-electron chi connectivity index (χ2n) is 4.74. The van der Waals surface area contributed by atoms with E-state index >= 15 is 0 Å². The number of likely N-dealkylation sites (N-methyl/N-ethyl adjacent to an activating group) is 1. The summed E-state index contributed by atoms with van der Waals surface area (Å²) in [6, 6.07) is 10.4. The molecule has 1 unspecified atom stereocenters. The van der Waals surface area contributed by atoms with E-state index in [1.54, 1.807) is 0 Å². The molecule has 2 nitrogen and oxygen atoms in total. The van der Waals surface area contributed by atoms with Crippen molar-refractivity contribution in [3.63, 3.8) is 0 Å². The first-order valence-electron chi connectivity index (χ1n) is 6.64. The van der Waals surface area contributed by atoms with E-state index in [9.17, 15) is 0 Å². The average Bonchev–Trinajstić information content (AvgIpc) is 2.45. The largest absolute Gasteiger partial charge is 0.372 e. The molecule has 0 bridgehead atoms. The Kier molecular flexibility index (Phi) is 5.25. The summed E-state index contributed by atoms with van der Waals surface area (Å²) < 4.78 is 5.82. The third kappa shape index (κ3) is 3.30. The maximum absolute atomic E-state index is 5.82. The van der Waals surface area contributed by atoms with Crippen molar-refractivity contribution in [2.24, 2.45) is 0 Å². The van der Waals surface area contributed by atoms with Crippen LogP contribution in [-0.4, -0.2) is 26.3 Å². The summed E-state index contributed by atoms with van der Waals surface area (Å²) in [5, 5.41) is 5.10. The van der Waals surface area contributed by atoms with E-state index < -0.39 is 0 Å². The molecule has 3 heteroatoms. The molecule has 2 rings (SSSR count). The first-order valence-corrected chi connectivity index (χ1v) is 7.15. The van der Waals surface area contributed by atoms with Gasteiger partial charge in [-0.15, -0.1) is 0 Å². The Morgan fingerprint density at radius 1 is 1.42 bits per heavy atom. The van der Waals surface area contributed by atoms with Crippen LogP contribution < -0.4 is 5.32 Å². The topological polar surface area (TPSA) is 21.3 Å². The molecule has 0 aliphatic carbocycles. The Labute approximate surface area is 121 Å². The zero-order chi connectivity index (χ0) is 13.7. The molecule has 0 aromatic heterocycles. The van der Waals surface area contributed by atoms with Gasteiger partial charge >= 0.3 is 0 Å². The van der Waals surface area contributed by atoms with Gasteiger partial charge in [0.2, 0.25) is 0 Å². The molecule has 0 saturated carbocycles. The molecule has 19 heavy (non-hydrogen) atoms. The number of benzene rings is 1. The second kappa shape index (κ2) is 6.94. The lowest BCUT2D eigenvalue weighted by atomic mass is 9.89. The van der Waals surface area contributed by atoms with E-state index in [0.717, 1.165) is 19.6 Å². The Hall–Kier alpha value is -1.03. The SMILES string of the molecule is CNCC1OCCC(/C(=C\S)c2ccccc2)=C1C. The predicted molar refractivity (Wildman–Crippen MR) is 84.4 cm³/mol. The van der Waals surface area contributed by atoms with Gasteiger partial charge in [-0.25, -0.2) is 0 Å². The van der Waals surface area contributed by atoms with E-state index in [4.69, 9.17) is 4.74 Å². The summed E-state index contributed by atoms with van der Waals surface area (Å²) >= 11 is 4.41. The highest BCUT2D eigenvalue weighted by Gasteiger charge is 2.22. The fourth-order valence-electron chi connectivity index (χ4n) is 2.51. The molecule has 0 radical (unpaired) electrons. The summed E-state index contributed by atoms with van der Waals surface area (Å²) in [6.45, 7) is 3.79. The van der Waals surface area contributed by atoms with Crippen LogP contribution in [0.1, 0.15) is 18.9 Å². The molecule has 1 aliphatic rings. The zero-order valence-corrected chi connectivity index (χ0v) is 12.4. The van der Waals surface area contributed by atoms with Gasteiger partial charge in [-0.1, -0.05) is 30.3 Å². The molecule has 0 spiro atoms. The van der Waals surface area contributed by atoms with E-state index in [1.165, 1.54) is 22.3 Å². The van der Waals surface area contributed by atoms with Crippen molar-refractivity contribution in [3.8, 4) is 0 Å². The van der Waals surface area contributed by atoms with Crippen LogP contribution in [0, 0.1) is 0 Å². The van der Waals surface area contributed by atoms with Crippen molar-refractivity contribution in [1.29, 1.82) is 0 Å². The van der Waals surface area contributed by atoms with Crippen LogP contribution in [0.2, 0.25) is 0 Å². The van der Waals surface area contributed by atoms with Gasteiger partial charge in [-0.3, -0.25) is 0 Å². The Balaban J connectivity index is 2.35. The van der Waals surface area contributed by atoms with Gasteiger partial charge < -0.3 is 10.1 Å². The molecule has 0 fully saturated rings. The van der Waals surface area contributed by atoms with E-state index in [2.05, 4.69) is 49.1 Å². The molecule has 1 N–H and O–H groups in total. The zero-order valence-electron chi connectivity index (χ0n) is 11.5. The number of thiol groups is 1. The van der Waals surface area contributed by atoms with Gasteiger partial charge in [0.1, 0.15) is 0 Å². The van der Waals surface area contributed by atoms with Crippen LogP contribution >= 0.6 is 12.6 Å². The highest BCUT2D eigenvalue weighted by molar-refractivity contribution is 7.83. The molecular weight excluding hydrogens is 254 g/mol. The van der Waals surface area contributed by atoms with Crippen LogP contribution in [-0.2, 0) is 4.74 Å². The third-order valence-electron chi connectivity index (χ3n) is 3.56. The summed E-state index contributed by atoms with van der Waals surface area (Å²) in [6.07, 6.45) is 1.12. The third-order valence-corrected chi connectivity index (χ3v) is 3.82. The van der Waals surface area contributed by atoms with E-state index in [0.29, 0.717) is 0 Å². The van der Waals surface area contributed by atoms with E-state index in [-0.39, 0.29) is 6.10 Å². The number of rotatable bonds is 4. The molecule has 0 saturated heterocycles. The molecule has 102 valence electrons. The van der Waals surface area contributed by atoms with Gasteiger partial charge in [-0.05, 0) is 48.1 Å². The summed E-state index contributed by atoms with van der Waals surface area (Å²) in [4.78, 5) is 0. The highest BCUT2D eigenvalue weighted by Crippen LogP contribution is 2.33. The van der Waals surface area contributed by atoms with Gasteiger partial charge in [0.25, 0.3) is 0 Å². The quantitative estimate of drug-likeness (QED) is 0.823. The number of ether oxygens (including phenoxy) is 1. The minimum Gasteiger partial charge on any atom is -0.372 e.